The Labute approximate surface area is 194 Å². The molecule has 1 aromatic carbocycles. The summed E-state index contributed by atoms with van der Waals surface area (Å²) in [6.45, 7) is 18.3. The molecule has 0 spiro atoms. The van der Waals surface area contributed by atoms with Gasteiger partial charge in [-0.1, -0.05) is 0 Å². The van der Waals surface area contributed by atoms with Crippen LogP contribution < -0.4 is 10.6 Å². The number of benzene rings is 1. The summed E-state index contributed by atoms with van der Waals surface area (Å²) in [5, 5.41) is 24.2. The van der Waals surface area contributed by atoms with E-state index in [9.17, 15) is 9.59 Å². The van der Waals surface area contributed by atoms with Gasteiger partial charge in [0.25, 0.3) is 0 Å². The van der Waals surface area contributed by atoms with E-state index in [1.54, 1.807) is 0 Å². The number of hydrogen-bond acceptors (Lipinski definition) is 4. The molecule has 6 nitrogen and oxygen atoms in total. The summed E-state index contributed by atoms with van der Waals surface area (Å²) in [6, 6.07) is 5.02. The minimum atomic E-state index is -1.06. The van der Waals surface area contributed by atoms with Crippen LogP contribution in [0.15, 0.2) is 24.3 Å². The molecule has 0 aliphatic carbocycles. The lowest BCUT2D eigenvalue weighted by Gasteiger charge is -2.42. The molecule has 0 unspecified atom stereocenters. The third-order valence-corrected chi connectivity index (χ3v) is 5.94. The largest absolute Gasteiger partial charge is 0.478 e. The fraction of sp³-hybridized carbons (Fsp3) is 0.692. The maximum absolute atomic E-state index is 10.3. The molecule has 0 aromatic heterocycles. The number of carbonyl (C=O) groups is 2. The summed E-state index contributed by atoms with van der Waals surface area (Å²) in [7, 11) is 0. The first kappa shape index (κ1) is 28.1. The number of carboxylic acids is 2. The molecule has 4 N–H and O–H groups in total. The number of carboxylic acid groups (broad SMARTS) is 2. The summed E-state index contributed by atoms with van der Waals surface area (Å²) >= 11 is 0. The lowest BCUT2D eigenvalue weighted by molar-refractivity contribution is 0.0681. The first-order valence-electron chi connectivity index (χ1n) is 11.6. The summed E-state index contributed by atoms with van der Waals surface area (Å²) in [5.41, 5.74) is 1.62. The number of piperidine rings is 2. The molecule has 2 saturated heterocycles. The van der Waals surface area contributed by atoms with Crippen molar-refractivity contribution >= 4 is 11.9 Å². The van der Waals surface area contributed by atoms with Gasteiger partial charge in [0, 0.05) is 22.2 Å². The number of hydrogen-bond donors (Lipinski definition) is 4. The van der Waals surface area contributed by atoms with Crippen molar-refractivity contribution < 1.29 is 19.8 Å². The lowest BCUT2D eigenvalue weighted by atomic mass is 9.83. The normalized spacial score (nSPS) is 22.2. The molecular weight excluding hydrogens is 404 g/mol. The zero-order valence-corrected chi connectivity index (χ0v) is 21.3. The van der Waals surface area contributed by atoms with Crippen LogP contribution in [-0.2, 0) is 0 Å². The molecule has 0 radical (unpaired) electrons. The van der Waals surface area contributed by atoms with Gasteiger partial charge in [0.2, 0.25) is 0 Å². The van der Waals surface area contributed by atoms with E-state index in [1.807, 2.05) is 0 Å². The minimum absolute atomic E-state index is 0.0833. The van der Waals surface area contributed by atoms with Gasteiger partial charge < -0.3 is 20.8 Å². The predicted octanol–water partition coefficient (Wildman–Crippen LogP) is 5.72. The highest BCUT2D eigenvalue weighted by atomic mass is 16.4. The van der Waals surface area contributed by atoms with Crippen molar-refractivity contribution in [2.45, 2.75) is 116 Å². The molecule has 2 aliphatic rings. The third kappa shape index (κ3) is 10.6. The van der Waals surface area contributed by atoms with Crippen molar-refractivity contribution in [3.8, 4) is 0 Å². The quantitative estimate of drug-likeness (QED) is 0.462. The van der Waals surface area contributed by atoms with E-state index < -0.39 is 11.9 Å². The number of aromatic carboxylic acids is 2. The highest BCUT2D eigenvalue weighted by molar-refractivity contribution is 5.91. The second-order valence-electron chi connectivity index (χ2n) is 11.7. The molecule has 3 rings (SSSR count). The average molecular weight is 449 g/mol. The first-order chi connectivity index (χ1) is 14.4. The van der Waals surface area contributed by atoms with Crippen molar-refractivity contribution in [1.82, 2.24) is 10.6 Å². The minimum Gasteiger partial charge on any atom is -0.478 e. The van der Waals surface area contributed by atoms with Crippen LogP contribution in [0.25, 0.3) is 0 Å². The topological polar surface area (TPSA) is 98.7 Å². The molecular formula is C26H44N2O4. The second kappa shape index (κ2) is 10.8. The lowest BCUT2D eigenvalue weighted by Crippen LogP contribution is -2.55. The van der Waals surface area contributed by atoms with E-state index >= 15 is 0 Å². The van der Waals surface area contributed by atoms with E-state index in [1.165, 1.54) is 62.8 Å². The Balaban J connectivity index is 0.000000241. The van der Waals surface area contributed by atoms with Crippen LogP contribution in [-0.4, -0.2) is 44.3 Å². The van der Waals surface area contributed by atoms with Gasteiger partial charge in [-0.2, -0.15) is 0 Å². The Bertz CT molecular complexity index is 672. The van der Waals surface area contributed by atoms with Gasteiger partial charge in [-0.3, -0.25) is 0 Å². The van der Waals surface area contributed by atoms with Gasteiger partial charge in [-0.05, 0) is 118 Å². The fourth-order valence-electron chi connectivity index (χ4n) is 4.78. The average Bonchev–Trinajstić information content (AvgIpc) is 2.58. The van der Waals surface area contributed by atoms with Crippen LogP contribution >= 0.6 is 0 Å². The summed E-state index contributed by atoms with van der Waals surface area (Å²) in [4.78, 5) is 20.7. The van der Waals surface area contributed by atoms with Gasteiger partial charge in [-0.15, -0.1) is 0 Å². The van der Waals surface area contributed by atoms with E-state index in [2.05, 4.69) is 66.0 Å². The molecule has 0 atom stereocenters. The van der Waals surface area contributed by atoms with Crippen molar-refractivity contribution in [2.24, 2.45) is 0 Å². The van der Waals surface area contributed by atoms with Gasteiger partial charge in [0.15, 0.2) is 0 Å². The molecule has 0 amide bonds. The van der Waals surface area contributed by atoms with Crippen LogP contribution in [0.3, 0.4) is 0 Å². The van der Waals surface area contributed by atoms with E-state index in [0.29, 0.717) is 22.2 Å². The predicted molar refractivity (Wildman–Crippen MR) is 131 cm³/mol. The standard InChI is InChI=1S/2C9H19N.C8H6O4/c2*1-8(2)6-5-7-9(3,4)10-8;9-7(10)5-1-2-6(4-3-5)8(11)12/h2*10H,5-7H2,1-4H3;1-4H,(H,9,10)(H,11,12). The smallest absolute Gasteiger partial charge is 0.335 e. The molecule has 2 fully saturated rings. The third-order valence-electron chi connectivity index (χ3n) is 5.94. The van der Waals surface area contributed by atoms with Crippen molar-refractivity contribution in [1.29, 1.82) is 0 Å². The van der Waals surface area contributed by atoms with Crippen LogP contribution in [0, 0.1) is 0 Å². The number of rotatable bonds is 2. The molecule has 0 bridgehead atoms. The summed E-state index contributed by atoms with van der Waals surface area (Å²) in [5.74, 6) is -2.13. The fourth-order valence-corrected chi connectivity index (χ4v) is 4.78. The monoisotopic (exact) mass is 448 g/mol. The van der Waals surface area contributed by atoms with E-state index in [4.69, 9.17) is 10.2 Å². The summed E-state index contributed by atoms with van der Waals surface area (Å²) in [6.07, 6.45) is 8.00. The summed E-state index contributed by atoms with van der Waals surface area (Å²) < 4.78 is 0. The Morgan fingerprint density at radius 3 is 0.938 bits per heavy atom. The molecule has 6 heteroatoms. The Morgan fingerprint density at radius 1 is 0.594 bits per heavy atom. The molecule has 2 aliphatic heterocycles. The van der Waals surface area contributed by atoms with Crippen LogP contribution in [0.4, 0.5) is 0 Å². The van der Waals surface area contributed by atoms with Gasteiger partial charge in [0.05, 0.1) is 11.1 Å². The molecule has 0 saturated carbocycles. The second-order valence-corrected chi connectivity index (χ2v) is 11.7. The molecule has 182 valence electrons. The zero-order chi connectivity index (χ0) is 24.8. The Kier molecular flexibility index (Phi) is 9.49. The maximum atomic E-state index is 10.3. The van der Waals surface area contributed by atoms with Crippen molar-refractivity contribution in [3.05, 3.63) is 35.4 Å². The van der Waals surface area contributed by atoms with Gasteiger partial charge in [0.1, 0.15) is 0 Å². The SMILES string of the molecule is CC1(C)CCCC(C)(C)N1.CC1(C)CCCC(C)(C)N1.O=C(O)c1ccc(C(=O)O)cc1. The number of nitrogens with one attached hydrogen (secondary N) is 2. The molecule has 1 aromatic rings. The van der Waals surface area contributed by atoms with Crippen molar-refractivity contribution in [2.75, 3.05) is 0 Å². The van der Waals surface area contributed by atoms with E-state index in [0.717, 1.165) is 0 Å². The maximum Gasteiger partial charge on any atom is 0.335 e. The highest BCUT2D eigenvalue weighted by Crippen LogP contribution is 2.28. The zero-order valence-electron chi connectivity index (χ0n) is 21.3. The highest BCUT2D eigenvalue weighted by Gasteiger charge is 2.32. The van der Waals surface area contributed by atoms with Crippen LogP contribution in [0.2, 0.25) is 0 Å². The van der Waals surface area contributed by atoms with Gasteiger partial charge >= 0.3 is 11.9 Å². The Hall–Kier alpha value is -1.92. The van der Waals surface area contributed by atoms with Crippen molar-refractivity contribution in [3.63, 3.8) is 0 Å². The van der Waals surface area contributed by atoms with E-state index in [-0.39, 0.29) is 11.1 Å². The molecule has 2 heterocycles. The Morgan fingerprint density at radius 2 is 0.812 bits per heavy atom. The van der Waals surface area contributed by atoms with Crippen LogP contribution in [0.1, 0.15) is 115 Å². The molecule has 32 heavy (non-hydrogen) atoms. The van der Waals surface area contributed by atoms with Gasteiger partial charge in [-0.25, -0.2) is 9.59 Å². The van der Waals surface area contributed by atoms with Crippen LogP contribution in [0.5, 0.6) is 0 Å². The first-order valence-corrected chi connectivity index (χ1v) is 11.6.